The van der Waals surface area contributed by atoms with Gasteiger partial charge in [-0.3, -0.25) is 4.90 Å². The Morgan fingerprint density at radius 1 is 1.23 bits per heavy atom. The molecule has 1 fully saturated rings. The summed E-state index contributed by atoms with van der Waals surface area (Å²) in [5.74, 6) is 0. The van der Waals surface area contributed by atoms with Crippen molar-refractivity contribution in [2.75, 3.05) is 26.2 Å². The number of nitrogens with one attached hydrogen (secondary N) is 1. The molecule has 0 saturated carbocycles. The number of halogens is 1. The highest BCUT2D eigenvalue weighted by Crippen LogP contribution is 2.21. The summed E-state index contributed by atoms with van der Waals surface area (Å²) >= 11 is 5.89. The van der Waals surface area contributed by atoms with Gasteiger partial charge in [0, 0.05) is 49.6 Å². The Bertz CT molecular complexity index is 725. The molecule has 8 heteroatoms. The van der Waals surface area contributed by atoms with Gasteiger partial charge >= 0.3 is 0 Å². The van der Waals surface area contributed by atoms with Crippen molar-refractivity contribution in [1.82, 2.24) is 19.2 Å². The van der Waals surface area contributed by atoms with E-state index in [0.717, 1.165) is 12.2 Å². The number of piperazine rings is 1. The molecule has 1 aromatic carbocycles. The zero-order valence-electron chi connectivity index (χ0n) is 11.9. The predicted molar refractivity (Wildman–Crippen MR) is 84.1 cm³/mol. The minimum atomic E-state index is -3.47. The van der Waals surface area contributed by atoms with Crippen LogP contribution >= 0.6 is 11.6 Å². The number of H-pyrrole nitrogens is 1. The lowest BCUT2D eigenvalue weighted by atomic mass is 10.3. The summed E-state index contributed by atoms with van der Waals surface area (Å²) < 4.78 is 26.7. The standard InChI is InChI=1S/C14H17ClN4O2S/c15-12-2-1-3-14(8-12)22(20,21)19-6-4-18(5-7-19)10-13-9-16-11-17-13/h1-3,8-9,11H,4-7,10H2,(H,16,17). The van der Waals surface area contributed by atoms with Crippen molar-refractivity contribution in [1.29, 1.82) is 0 Å². The van der Waals surface area contributed by atoms with E-state index in [1.165, 1.54) is 10.4 Å². The van der Waals surface area contributed by atoms with Gasteiger partial charge in [0.1, 0.15) is 0 Å². The van der Waals surface area contributed by atoms with Crippen molar-refractivity contribution in [3.05, 3.63) is 47.5 Å². The average molecular weight is 341 g/mol. The molecule has 0 amide bonds. The van der Waals surface area contributed by atoms with Crippen molar-refractivity contribution in [3.8, 4) is 0 Å². The maximum Gasteiger partial charge on any atom is 0.243 e. The van der Waals surface area contributed by atoms with Crippen LogP contribution in [0.4, 0.5) is 0 Å². The monoisotopic (exact) mass is 340 g/mol. The maximum absolute atomic E-state index is 12.6. The molecule has 1 aliphatic heterocycles. The largest absolute Gasteiger partial charge is 0.347 e. The third-order valence-electron chi connectivity index (χ3n) is 3.71. The molecule has 1 N–H and O–H groups in total. The Morgan fingerprint density at radius 3 is 2.64 bits per heavy atom. The van der Waals surface area contributed by atoms with E-state index >= 15 is 0 Å². The number of hydrogen-bond acceptors (Lipinski definition) is 4. The normalized spacial score (nSPS) is 17.7. The first-order valence-corrected chi connectivity index (χ1v) is 8.83. The first kappa shape index (κ1) is 15.5. The molecule has 1 aliphatic rings. The van der Waals surface area contributed by atoms with Gasteiger partial charge < -0.3 is 4.98 Å². The molecular formula is C14H17ClN4O2S. The second-order valence-corrected chi connectivity index (χ2v) is 7.59. The molecule has 2 heterocycles. The van der Waals surface area contributed by atoms with E-state index in [0.29, 0.717) is 31.2 Å². The summed E-state index contributed by atoms with van der Waals surface area (Å²) in [7, 11) is -3.47. The molecule has 2 aromatic rings. The minimum absolute atomic E-state index is 0.252. The molecule has 0 unspecified atom stereocenters. The SMILES string of the molecule is O=S(=O)(c1cccc(Cl)c1)N1CCN(Cc2cnc[nH]2)CC1. The molecule has 1 saturated heterocycles. The molecule has 118 valence electrons. The fourth-order valence-electron chi connectivity index (χ4n) is 2.52. The highest BCUT2D eigenvalue weighted by Gasteiger charge is 2.28. The molecule has 0 atom stereocenters. The van der Waals surface area contributed by atoms with Crippen molar-refractivity contribution >= 4 is 21.6 Å². The van der Waals surface area contributed by atoms with Gasteiger partial charge in [-0.25, -0.2) is 13.4 Å². The third-order valence-corrected chi connectivity index (χ3v) is 5.84. The number of nitrogens with zero attached hydrogens (tertiary/aromatic N) is 3. The van der Waals surface area contributed by atoms with E-state index in [9.17, 15) is 8.42 Å². The molecule has 3 rings (SSSR count). The van der Waals surface area contributed by atoms with Crippen molar-refractivity contribution in [2.24, 2.45) is 0 Å². The van der Waals surface area contributed by atoms with Gasteiger partial charge in [-0.2, -0.15) is 4.31 Å². The van der Waals surface area contributed by atoms with Gasteiger partial charge in [-0.1, -0.05) is 17.7 Å². The molecule has 0 radical (unpaired) electrons. The average Bonchev–Trinajstić information content (AvgIpc) is 3.01. The molecular weight excluding hydrogens is 324 g/mol. The zero-order valence-corrected chi connectivity index (χ0v) is 13.5. The fourth-order valence-corrected chi connectivity index (χ4v) is 4.24. The van der Waals surface area contributed by atoms with Crippen LogP contribution in [0, 0.1) is 0 Å². The lowest BCUT2D eigenvalue weighted by molar-refractivity contribution is 0.180. The van der Waals surface area contributed by atoms with Gasteiger partial charge in [0.2, 0.25) is 10.0 Å². The Hall–Kier alpha value is -1.41. The lowest BCUT2D eigenvalue weighted by Crippen LogP contribution is -2.48. The molecule has 0 bridgehead atoms. The quantitative estimate of drug-likeness (QED) is 0.917. The van der Waals surface area contributed by atoms with E-state index in [1.54, 1.807) is 30.7 Å². The van der Waals surface area contributed by atoms with Gasteiger partial charge in [-0.15, -0.1) is 0 Å². The van der Waals surface area contributed by atoms with Crippen molar-refractivity contribution in [2.45, 2.75) is 11.4 Å². The van der Waals surface area contributed by atoms with Crippen LogP contribution in [0.3, 0.4) is 0 Å². The van der Waals surface area contributed by atoms with E-state index in [2.05, 4.69) is 14.9 Å². The maximum atomic E-state index is 12.6. The predicted octanol–water partition coefficient (Wildman–Crippen LogP) is 1.57. The van der Waals surface area contributed by atoms with E-state index in [-0.39, 0.29) is 4.90 Å². The van der Waals surface area contributed by atoms with E-state index in [4.69, 9.17) is 11.6 Å². The Labute approximate surface area is 134 Å². The number of aromatic amines is 1. The first-order chi connectivity index (χ1) is 10.6. The summed E-state index contributed by atoms with van der Waals surface area (Å²) in [5, 5.41) is 0.430. The van der Waals surface area contributed by atoms with E-state index < -0.39 is 10.0 Å². The van der Waals surface area contributed by atoms with Crippen LogP contribution in [0.2, 0.25) is 5.02 Å². The van der Waals surface area contributed by atoms with Crippen LogP contribution in [-0.2, 0) is 16.6 Å². The number of benzene rings is 1. The first-order valence-electron chi connectivity index (χ1n) is 7.01. The van der Waals surface area contributed by atoms with Crippen LogP contribution in [0.1, 0.15) is 5.69 Å². The Balaban J connectivity index is 1.65. The third kappa shape index (κ3) is 3.33. The number of imidazole rings is 1. The number of rotatable bonds is 4. The minimum Gasteiger partial charge on any atom is -0.347 e. The van der Waals surface area contributed by atoms with E-state index in [1.807, 2.05) is 0 Å². The van der Waals surface area contributed by atoms with Crippen LogP contribution in [0.25, 0.3) is 0 Å². The summed E-state index contributed by atoms with van der Waals surface area (Å²) in [6.45, 7) is 3.09. The van der Waals surface area contributed by atoms with Crippen LogP contribution in [-0.4, -0.2) is 53.8 Å². The highest BCUT2D eigenvalue weighted by atomic mass is 35.5. The Kier molecular flexibility index (Phi) is 4.49. The smallest absolute Gasteiger partial charge is 0.243 e. The Morgan fingerprint density at radius 2 is 2.00 bits per heavy atom. The highest BCUT2D eigenvalue weighted by molar-refractivity contribution is 7.89. The lowest BCUT2D eigenvalue weighted by Gasteiger charge is -2.33. The molecule has 6 nitrogen and oxygen atoms in total. The zero-order chi connectivity index (χ0) is 15.6. The topological polar surface area (TPSA) is 69.3 Å². The van der Waals surface area contributed by atoms with Crippen LogP contribution in [0.15, 0.2) is 41.7 Å². The second-order valence-electron chi connectivity index (χ2n) is 5.21. The van der Waals surface area contributed by atoms with Crippen molar-refractivity contribution < 1.29 is 8.42 Å². The fraction of sp³-hybridized carbons (Fsp3) is 0.357. The number of hydrogen-bond donors (Lipinski definition) is 1. The number of aromatic nitrogens is 2. The number of sulfonamides is 1. The summed E-state index contributed by atoms with van der Waals surface area (Å²) in [6.07, 6.45) is 3.43. The van der Waals surface area contributed by atoms with Gasteiger partial charge in [-0.05, 0) is 18.2 Å². The van der Waals surface area contributed by atoms with Gasteiger partial charge in [0.05, 0.1) is 11.2 Å². The van der Waals surface area contributed by atoms with Crippen LogP contribution < -0.4 is 0 Å². The summed E-state index contributed by atoms with van der Waals surface area (Å²) in [5.41, 5.74) is 1.03. The molecule has 22 heavy (non-hydrogen) atoms. The van der Waals surface area contributed by atoms with Crippen molar-refractivity contribution in [3.63, 3.8) is 0 Å². The molecule has 1 aromatic heterocycles. The van der Waals surface area contributed by atoms with Crippen LogP contribution in [0.5, 0.6) is 0 Å². The summed E-state index contributed by atoms with van der Waals surface area (Å²) in [4.78, 5) is 9.51. The molecule has 0 aliphatic carbocycles. The summed E-state index contributed by atoms with van der Waals surface area (Å²) in [6, 6.07) is 6.40. The van der Waals surface area contributed by atoms with Gasteiger partial charge in [0.25, 0.3) is 0 Å². The second kappa shape index (κ2) is 6.37. The van der Waals surface area contributed by atoms with Gasteiger partial charge in [0.15, 0.2) is 0 Å². The molecule has 0 spiro atoms.